The summed E-state index contributed by atoms with van der Waals surface area (Å²) in [4.78, 5) is 34.0. The molecule has 1 aliphatic rings. The van der Waals surface area contributed by atoms with Crippen LogP contribution in [-0.2, 0) is 24.3 Å². The maximum Gasteiger partial charge on any atom is 0.256 e. The van der Waals surface area contributed by atoms with E-state index in [0.29, 0.717) is 18.2 Å². The molecule has 7 heteroatoms. The van der Waals surface area contributed by atoms with Gasteiger partial charge in [0.1, 0.15) is 0 Å². The Morgan fingerprint density at radius 1 is 1.33 bits per heavy atom. The van der Waals surface area contributed by atoms with Crippen LogP contribution in [-0.4, -0.2) is 39.6 Å². The molecule has 0 fully saturated rings. The van der Waals surface area contributed by atoms with Crippen molar-refractivity contribution in [1.82, 2.24) is 20.2 Å². The molecular formula is C20H26N4O2S. The minimum atomic E-state index is -0.0911. The molecule has 2 aromatic rings. The molecular weight excluding hydrogens is 360 g/mol. The first-order valence-electron chi connectivity index (χ1n) is 9.43. The molecule has 0 saturated heterocycles. The third-order valence-electron chi connectivity index (χ3n) is 4.57. The highest BCUT2D eigenvalue weighted by atomic mass is 32.2. The van der Waals surface area contributed by atoms with Crippen molar-refractivity contribution in [1.29, 1.82) is 0 Å². The molecule has 1 aromatic carbocycles. The predicted molar refractivity (Wildman–Crippen MR) is 108 cm³/mol. The number of carbonyl (C=O) groups is 1. The smallest absolute Gasteiger partial charge is 0.256 e. The third kappa shape index (κ3) is 5.68. The highest BCUT2D eigenvalue weighted by Gasteiger charge is 2.21. The van der Waals surface area contributed by atoms with Crippen LogP contribution < -0.4 is 10.9 Å². The number of aromatic amines is 1. The molecule has 0 unspecified atom stereocenters. The maximum absolute atomic E-state index is 12.5. The van der Waals surface area contributed by atoms with Crippen LogP contribution >= 0.6 is 11.8 Å². The van der Waals surface area contributed by atoms with Crippen LogP contribution in [0, 0.1) is 0 Å². The van der Waals surface area contributed by atoms with Crippen LogP contribution in [0.1, 0.15) is 36.6 Å². The molecule has 0 aliphatic carbocycles. The highest BCUT2D eigenvalue weighted by Crippen LogP contribution is 2.19. The second-order valence-corrected chi connectivity index (χ2v) is 7.70. The SMILES string of the molecule is CCCCNC(=O)CSc1nc2c(c(=O)[nH]1)CN(Cc1ccccc1)CC2. The number of nitrogens with zero attached hydrogens (tertiary/aromatic N) is 2. The molecule has 2 N–H and O–H groups in total. The van der Waals surface area contributed by atoms with Gasteiger partial charge in [-0.25, -0.2) is 4.98 Å². The molecule has 6 nitrogen and oxygen atoms in total. The minimum absolute atomic E-state index is 0.0251. The van der Waals surface area contributed by atoms with Crippen LogP contribution in [0.2, 0.25) is 0 Å². The van der Waals surface area contributed by atoms with Gasteiger partial charge in [-0.2, -0.15) is 0 Å². The minimum Gasteiger partial charge on any atom is -0.355 e. The number of hydrogen-bond donors (Lipinski definition) is 2. The summed E-state index contributed by atoms with van der Waals surface area (Å²) in [6.45, 7) is 5.09. The van der Waals surface area contributed by atoms with Gasteiger partial charge >= 0.3 is 0 Å². The van der Waals surface area contributed by atoms with Gasteiger partial charge in [0.15, 0.2) is 5.16 Å². The second kappa shape index (κ2) is 9.71. The van der Waals surface area contributed by atoms with E-state index in [4.69, 9.17) is 0 Å². The lowest BCUT2D eigenvalue weighted by atomic mass is 10.1. The summed E-state index contributed by atoms with van der Waals surface area (Å²) in [6.07, 6.45) is 2.78. The number of hydrogen-bond acceptors (Lipinski definition) is 5. The molecule has 2 heterocycles. The molecule has 1 aliphatic heterocycles. The molecule has 0 radical (unpaired) electrons. The number of aromatic nitrogens is 2. The number of amides is 1. The van der Waals surface area contributed by atoms with E-state index in [1.54, 1.807) is 0 Å². The topological polar surface area (TPSA) is 78.1 Å². The van der Waals surface area contributed by atoms with E-state index < -0.39 is 0 Å². The molecule has 144 valence electrons. The van der Waals surface area contributed by atoms with E-state index >= 15 is 0 Å². The molecule has 0 atom stereocenters. The van der Waals surface area contributed by atoms with Gasteiger partial charge in [-0.1, -0.05) is 55.4 Å². The zero-order valence-electron chi connectivity index (χ0n) is 15.7. The van der Waals surface area contributed by atoms with Crippen LogP contribution in [0.15, 0.2) is 40.3 Å². The average molecular weight is 387 g/mol. The van der Waals surface area contributed by atoms with Crippen molar-refractivity contribution in [3.8, 4) is 0 Å². The van der Waals surface area contributed by atoms with Crippen LogP contribution in [0.3, 0.4) is 0 Å². The predicted octanol–water partition coefficient (Wildman–Crippen LogP) is 2.34. The van der Waals surface area contributed by atoms with E-state index in [0.717, 1.165) is 43.6 Å². The van der Waals surface area contributed by atoms with E-state index in [2.05, 4.69) is 39.2 Å². The molecule has 0 bridgehead atoms. The van der Waals surface area contributed by atoms with Gasteiger partial charge in [0, 0.05) is 32.6 Å². The molecule has 0 saturated carbocycles. The summed E-state index contributed by atoms with van der Waals surface area (Å²) >= 11 is 1.28. The summed E-state index contributed by atoms with van der Waals surface area (Å²) in [5, 5.41) is 3.40. The van der Waals surface area contributed by atoms with E-state index in [1.165, 1.54) is 17.3 Å². The van der Waals surface area contributed by atoms with Gasteiger partial charge in [0.05, 0.1) is 17.0 Å². The van der Waals surface area contributed by atoms with Gasteiger partial charge < -0.3 is 10.3 Å². The number of unbranched alkanes of at least 4 members (excludes halogenated alkanes) is 1. The summed E-state index contributed by atoms with van der Waals surface area (Å²) in [6, 6.07) is 10.3. The van der Waals surface area contributed by atoms with E-state index in [9.17, 15) is 9.59 Å². The van der Waals surface area contributed by atoms with Gasteiger partial charge in [-0.3, -0.25) is 14.5 Å². The molecule has 1 aromatic heterocycles. The van der Waals surface area contributed by atoms with Crippen molar-refractivity contribution in [2.24, 2.45) is 0 Å². The Morgan fingerprint density at radius 3 is 2.93 bits per heavy atom. The number of nitrogens with one attached hydrogen (secondary N) is 2. The number of benzene rings is 1. The first-order valence-corrected chi connectivity index (χ1v) is 10.4. The lowest BCUT2D eigenvalue weighted by molar-refractivity contribution is -0.118. The first-order chi connectivity index (χ1) is 13.2. The standard InChI is InChI=1S/C20H26N4O2S/c1-2-3-10-21-18(25)14-27-20-22-17-9-11-24(13-16(17)19(26)23-20)12-15-7-5-4-6-8-15/h4-8H,2-3,9-14H2,1H3,(H,21,25)(H,22,23,26). The van der Waals surface area contributed by atoms with Crippen molar-refractivity contribution < 1.29 is 4.79 Å². The van der Waals surface area contributed by atoms with Crippen molar-refractivity contribution in [2.45, 2.75) is 44.4 Å². The van der Waals surface area contributed by atoms with Crippen LogP contribution in [0.5, 0.6) is 0 Å². The molecule has 1 amide bonds. The second-order valence-electron chi connectivity index (χ2n) is 6.73. The van der Waals surface area contributed by atoms with Crippen molar-refractivity contribution in [2.75, 3.05) is 18.8 Å². The van der Waals surface area contributed by atoms with Gasteiger partial charge in [-0.15, -0.1) is 0 Å². The molecule has 0 spiro atoms. The number of fused-ring (bicyclic) bond motifs is 1. The fraction of sp³-hybridized carbons (Fsp3) is 0.450. The average Bonchev–Trinajstić information content (AvgIpc) is 2.68. The fourth-order valence-electron chi connectivity index (χ4n) is 3.09. The summed E-state index contributed by atoms with van der Waals surface area (Å²) in [5.74, 6) is 0.244. The van der Waals surface area contributed by atoms with Crippen molar-refractivity contribution in [3.63, 3.8) is 0 Å². The molecule has 3 rings (SSSR count). The number of H-pyrrole nitrogens is 1. The Balaban J connectivity index is 1.59. The quantitative estimate of drug-likeness (QED) is 0.414. The normalized spacial score (nSPS) is 14.0. The zero-order valence-corrected chi connectivity index (χ0v) is 16.5. The third-order valence-corrected chi connectivity index (χ3v) is 5.44. The Labute approximate surface area is 163 Å². The Kier molecular flexibility index (Phi) is 7.06. The summed E-state index contributed by atoms with van der Waals surface area (Å²) < 4.78 is 0. The van der Waals surface area contributed by atoms with Gasteiger partial charge in [0.2, 0.25) is 5.91 Å². The van der Waals surface area contributed by atoms with Crippen molar-refractivity contribution in [3.05, 3.63) is 57.5 Å². The lowest BCUT2D eigenvalue weighted by Crippen LogP contribution is -2.35. The zero-order chi connectivity index (χ0) is 19.1. The summed E-state index contributed by atoms with van der Waals surface area (Å²) in [5.41, 5.74) is 2.75. The highest BCUT2D eigenvalue weighted by molar-refractivity contribution is 7.99. The van der Waals surface area contributed by atoms with Crippen LogP contribution in [0.25, 0.3) is 0 Å². The van der Waals surface area contributed by atoms with E-state index in [-0.39, 0.29) is 17.2 Å². The maximum atomic E-state index is 12.5. The van der Waals surface area contributed by atoms with Crippen molar-refractivity contribution >= 4 is 17.7 Å². The Morgan fingerprint density at radius 2 is 2.15 bits per heavy atom. The Hall–Kier alpha value is -2.12. The lowest BCUT2D eigenvalue weighted by Gasteiger charge is -2.27. The fourth-order valence-corrected chi connectivity index (χ4v) is 3.80. The largest absolute Gasteiger partial charge is 0.355 e. The monoisotopic (exact) mass is 386 g/mol. The first kappa shape index (κ1) is 19.6. The number of rotatable bonds is 8. The molecule has 27 heavy (non-hydrogen) atoms. The van der Waals surface area contributed by atoms with E-state index in [1.807, 2.05) is 18.2 Å². The van der Waals surface area contributed by atoms with Gasteiger partial charge in [0.25, 0.3) is 5.56 Å². The Bertz CT molecular complexity index is 822. The number of thioether (sulfide) groups is 1. The van der Waals surface area contributed by atoms with Crippen LogP contribution in [0.4, 0.5) is 0 Å². The number of carbonyl (C=O) groups excluding carboxylic acids is 1. The summed E-state index contributed by atoms with van der Waals surface area (Å²) in [7, 11) is 0. The van der Waals surface area contributed by atoms with Gasteiger partial charge in [-0.05, 0) is 12.0 Å².